The summed E-state index contributed by atoms with van der Waals surface area (Å²) < 4.78 is 0. The highest BCUT2D eigenvalue weighted by Gasteiger charge is 2.55. The number of carbonyl (C=O) groups is 1. The maximum atomic E-state index is 13.9. The average Bonchev–Trinajstić information content (AvgIpc) is 3.13. The van der Waals surface area contributed by atoms with Crippen LogP contribution < -0.4 is 0 Å². The summed E-state index contributed by atoms with van der Waals surface area (Å²) in [6.45, 7) is 1.87. The maximum absolute atomic E-state index is 13.9. The fourth-order valence-electron chi connectivity index (χ4n) is 7.20. The van der Waals surface area contributed by atoms with E-state index in [-0.39, 0.29) is 5.41 Å². The number of amides is 1. The van der Waals surface area contributed by atoms with Gasteiger partial charge in [-0.25, -0.2) is 0 Å². The van der Waals surface area contributed by atoms with Crippen molar-refractivity contribution in [2.45, 2.75) is 77.2 Å². The van der Waals surface area contributed by atoms with E-state index in [1.54, 1.807) is 0 Å². The minimum Gasteiger partial charge on any atom is -0.337 e. The average molecular weight is 372 g/mol. The summed E-state index contributed by atoms with van der Waals surface area (Å²) in [5, 5.41) is 2.16. The monoisotopic (exact) mass is 371 g/mol. The molecule has 26 heavy (non-hydrogen) atoms. The van der Waals surface area contributed by atoms with Crippen molar-refractivity contribution < 1.29 is 4.79 Å². The standard InChI is InChI=1S/C23H33NOS/c25-22(23-12-18-9-19(13-23)11-20(10-18)14-23)24(16-21-7-4-8-26-21)15-17-5-2-1-3-6-17/h4,7-8,17-20H,1-3,5-6,9-16H2. The molecule has 5 aliphatic rings. The van der Waals surface area contributed by atoms with E-state index < -0.39 is 0 Å². The molecule has 0 radical (unpaired) electrons. The molecule has 1 heterocycles. The lowest BCUT2D eigenvalue weighted by Crippen LogP contribution is -2.55. The van der Waals surface area contributed by atoms with Gasteiger partial charge in [-0.05, 0) is 86.5 Å². The van der Waals surface area contributed by atoms with Gasteiger partial charge in [0, 0.05) is 11.4 Å². The van der Waals surface area contributed by atoms with Crippen LogP contribution in [0.5, 0.6) is 0 Å². The summed E-state index contributed by atoms with van der Waals surface area (Å²) in [5.74, 6) is 3.83. The molecule has 1 amide bonds. The lowest BCUT2D eigenvalue weighted by molar-refractivity contribution is -0.159. The summed E-state index contributed by atoms with van der Waals surface area (Å²) in [6, 6.07) is 4.35. The summed E-state index contributed by atoms with van der Waals surface area (Å²) >= 11 is 1.81. The van der Waals surface area contributed by atoms with Gasteiger partial charge in [-0.1, -0.05) is 25.3 Å². The number of hydrogen-bond acceptors (Lipinski definition) is 2. The Kier molecular flexibility index (Phi) is 4.63. The molecule has 0 unspecified atom stereocenters. The molecule has 5 aliphatic carbocycles. The van der Waals surface area contributed by atoms with Gasteiger partial charge in [0.2, 0.25) is 5.91 Å². The highest BCUT2D eigenvalue weighted by molar-refractivity contribution is 7.09. The minimum atomic E-state index is 0.0146. The van der Waals surface area contributed by atoms with E-state index in [0.29, 0.717) is 5.91 Å². The Morgan fingerprint density at radius 2 is 1.69 bits per heavy atom. The van der Waals surface area contributed by atoms with Gasteiger partial charge >= 0.3 is 0 Å². The normalized spacial score (nSPS) is 36.4. The summed E-state index contributed by atoms with van der Waals surface area (Å²) in [4.78, 5) is 17.6. The molecular formula is C23H33NOS. The lowest BCUT2D eigenvalue weighted by atomic mass is 9.49. The molecule has 0 N–H and O–H groups in total. The molecule has 1 aromatic heterocycles. The Bertz CT molecular complexity index is 595. The van der Waals surface area contributed by atoms with E-state index >= 15 is 0 Å². The van der Waals surface area contributed by atoms with Gasteiger partial charge in [0.05, 0.1) is 12.0 Å². The first kappa shape index (κ1) is 17.3. The molecule has 0 aromatic carbocycles. The molecule has 5 saturated carbocycles. The molecule has 0 atom stereocenters. The largest absolute Gasteiger partial charge is 0.337 e. The third-order valence-corrected chi connectivity index (χ3v) is 8.77. The number of hydrogen-bond donors (Lipinski definition) is 0. The minimum absolute atomic E-state index is 0.0146. The van der Waals surface area contributed by atoms with Crippen molar-refractivity contribution in [3.63, 3.8) is 0 Å². The number of rotatable bonds is 5. The summed E-state index contributed by atoms with van der Waals surface area (Å²) in [5.41, 5.74) is 0.0146. The Balaban J connectivity index is 1.37. The fraction of sp³-hybridized carbons (Fsp3) is 0.783. The predicted octanol–water partition coefficient (Wildman–Crippen LogP) is 5.87. The van der Waals surface area contributed by atoms with Crippen LogP contribution >= 0.6 is 11.3 Å². The number of thiophene rings is 1. The highest BCUT2D eigenvalue weighted by atomic mass is 32.1. The van der Waals surface area contributed by atoms with E-state index in [1.165, 1.54) is 75.5 Å². The van der Waals surface area contributed by atoms with E-state index in [9.17, 15) is 4.79 Å². The predicted molar refractivity (Wildman–Crippen MR) is 107 cm³/mol. The van der Waals surface area contributed by atoms with Crippen molar-refractivity contribution in [3.8, 4) is 0 Å². The molecular weight excluding hydrogens is 338 g/mol. The van der Waals surface area contributed by atoms with Crippen LogP contribution in [-0.4, -0.2) is 17.4 Å². The number of carbonyl (C=O) groups excluding carboxylic acids is 1. The highest BCUT2D eigenvalue weighted by Crippen LogP contribution is 2.60. The van der Waals surface area contributed by atoms with Crippen molar-refractivity contribution in [1.29, 1.82) is 0 Å². The maximum Gasteiger partial charge on any atom is 0.229 e. The second-order valence-electron chi connectivity index (χ2n) is 9.97. The molecule has 6 rings (SSSR count). The molecule has 142 valence electrons. The SMILES string of the molecule is O=C(N(Cc1cccs1)CC1CCCCC1)C12CC3CC(CC(C3)C1)C2. The zero-order chi connectivity index (χ0) is 17.6. The molecule has 3 heteroatoms. The van der Waals surface area contributed by atoms with Gasteiger partial charge in [-0.3, -0.25) is 4.79 Å². The molecule has 5 fully saturated rings. The van der Waals surface area contributed by atoms with Gasteiger partial charge in [-0.2, -0.15) is 0 Å². The van der Waals surface area contributed by atoms with Gasteiger partial charge < -0.3 is 4.90 Å². The first-order chi connectivity index (χ1) is 12.7. The quantitative estimate of drug-likeness (QED) is 0.633. The molecule has 0 aliphatic heterocycles. The van der Waals surface area contributed by atoms with Crippen LogP contribution in [0.25, 0.3) is 0 Å². The van der Waals surface area contributed by atoms with Crippen molar-refractivity contribution >= 4 is 17.2 Å². The molecule has 4 bridgehead atoms. The van der Waals surface area contributed by atoms with Crippen LogP contribution in [0.3, 0.4) is 0 Å². The lowest BCUT2D eigenvalue weighted by Gasteiger charge is -2.56. The van der Waals surface area contributed by atoms with Crippen LogP contribution in [0.4, 0.5) is 0 Å². The van der Waals surface area contributed by atoms with Crippen LogP contribution in [0, 0.1) is 29.1 Å². The fourth-order valence-corrected chi connectivity index (χ4v) is 7.92. The molecule has 1 aromatic rings. The first-order valence-corrected chi connectivity index (χ1v) is 11.9. The Labute approximate surface area is 162 Å². The van der Waals surface area contributed by atoms with Gasteiger partial charge in [0.25, 0.3) is 0 Å². The Morgan fingerprint density at radius 3 is 2.27 bits per heavy atom. The number of nitrogens with zero attached hydrogens (tertiary/aromatic N) is 1. The Hall–Kier alpha value is -0.830. The van der Waals surface area contributed by atoms with Crippen molar-refractivity contribution in [1.82, 2.24) is 4.90 Å². The van der Waals surface area contributed by atoms with Gasteiger partial charge in [0.1, 0.15) is 0 Å². The van der Waals surface area contributed by atoms with Crippen LogP contribution in [0.2, 0.25) is 0 Å². The molecule has 2 nitrogen and oxygen atoms in total. The zero-order valence-corrected chi connectivity index (χ0v) is 16.8. The van der Waals surface area contributed by atoms with Crippen LogP contribution in [0.1, 0.15) is 75.5 Å². The first-order valence-electron chi connectivity index (χ1n) is 11.0. The third-order valence-electron chi connectivity index (χ3n) is 7.91. The van der Waals surface area contributed by atoms with E-state index in [2.05, 4.69) is 22.4 Å². The van der Waals surface area contributed by atoms with E-state index in [0.717, 1.165) is 36.8 Å². The summed E-state index contributed by atoms with van der Waals surface area (Å²) in [6.07, 6.45) is 14.6. The van der Waals surface area contributed by atoms with Crippen molar-refractivity contribution in [2.24, 2.45) is 29.1 Å². The van der Waals surface area contributed by atoms with E-state index in [4.69, 9.17) is 0 Å². The van der Waals surface area contributed by atoms with Crippen molar-refractivity contribution in [2.75, 3.05) is 6.54 Å². The second-order valence-corrected chi connectivity index (χ2v) is 11.0. The second kappa shape index (κ2) is 6.96. The van der Waals surface area contributed by atoms with Crippen LogP contribution in [0.15, 0.2) is 17.5 Å². The van der Waals surface area contributed by atoms with Gasteiger partial charge in [-0.15, -0.1) is 11.3 Å². The third kappa shape index (κ3) is 3.25. The zero-order valence-electron chi connectivity index (χ0n) is 16.0. The topological polar surface area (TPSA) is 20.3 Å². The van der Waals surface area contributed by atoms with E-state index in [1.807, 2.05) is 11.3 Å². The Morgan fingerprint density at radius 1 is 1.04 bits per heavy atom. The smallest absolute Gasteiger partial charge is 0.229 e. The molecule has 0 spiro atoms. The van der Waals surface area contributed by atoms with Crippen LogP contribution in [-0.2, 0) is 11.3 Å². The summed E-state index contributed by atoms with van der Waals surface area (Å²) in [7, 11) is 0. The molecule has 0 saturated heterocycles. The van der Waals surface area contributed by atoms with Gasteiger partial charge in [0.15, 0.2) is 0 Å². The van der Waals surface area contributed by atoms with Crippen molar-refractivity contribution in [3.05, 3.63) is 22.4 Å².